The fourth-order valence-corrected chi connectivity index (χ4v) is 1.52. The highest BCUT2D eigenvalue weighted by atomic mass is 35.5. The summed E-state index contributed by atoms with van der Waals surface area (Å²) in [4.78, 5) is 18.7. The predicted octanol–water partition coefficient (Wildman–Crippen LogP) is 3.42. The second-order valence-electron chi connectivity index (χ2n) is 3.64. The topological polar surface area (TPSA) is 52.1 Å². The number of benzene rings is 1. The van der Waals surface area contributed by atoms with Crippen molar-refractivity contribution >= 4 is 16.8 Å². The maximum Gasteiger partial charge on any atom is 0.573 e. The van der Waals surface area contributed by atoms with E-state index in [-0.39, 0.29) is 11.4 Å². The Kier molecular flexibility index (Phi) is 3.89. The summed E-state index contributed by atoms with van der Waals surface area (Å²) in [5.74, 6) is -0.348. The summed E-state index contributed by atoms with van der Waals surface area (Å²) in [6.45, 7) is 0. The van der Waals surface area contributed by atoms with Crippen molar-refractivity contribution in [3.05, 3.63) is 42.4 Å². The van der Waals surface area contributed by atoms with Gasteiger partial charge in [-0.3, -0.25) is 9.78 Å². The number of ether oxygens (including phenoxy) is 1. The van der Waals surface area contributed by atoms with Gasteiger partial charge in [-0.1, -0.05) is 0 Å². The Morgan fingerprint density at radius 1 is 1.15 bits per heavy atom. The molecular weight excluding hydrogens is 297 g/mol. The molecule has 0 fully saturated rings. The third-order valence-corrected chi connectivity index (χ3v) is 2.41. The van der Waals surface area contributed by atoms with Crippen LogP contribution in [0, 0.1) is 0 Å². The summed E-state index contributed by atoms with van der Waals surface area (Å²) in [5.41, 5.74) is 0.752. The van der Waals surface area contributed by atoms with E-state index in [4.69, 9.17) is 11.6 Å². The Bertz CT molecular complexity index is 629. The molecule has 1 heterocycles. The molecule has 0 atom stereocenters. The average molecular weight is 303 g/mol. The van der Waals surface area contributed by atoms with Crippen molar-refractivity contribution in [3.8, 4) is 17.0 Å². The molecule has 0 radical (unpaired) electrons. The molecule has 0 saturated heterocycles. The van der Waals surface area contributed by atoms with E-state index in [1.54, 1.807) is 0 Å². The summed E-state index contributed by atoms with van der Waals surface area (Å²) in [6.07, 6.45) is -2.19. The van der Waals surface area contributed by atoms with E-state index >= 15 is 0 Å². The molecular formula is C12H6ClF3N2O2. The number of carbonyl (C=O) groups is 1. The Balaban J connectivity index is 2.26. The molecule has 2 aromatic rings. The van der Waals surface area contributed by atoms with Gasteiger partial charge in [-0.05, 0) is 35.9 Å². The van der Waals surface area contributed by atoms with Gasteiger partial charge in [0.2, 0.25) is 0 Å². The molecule has 1 aromatic heterocycles. The van der Waals surface area contributed by atoms with Gasteiger partial charge in [-0.15, -0.1) is 13.2 Å². The molecule has 0 aliphatic carbocycles. The van der Waals surface area contributed by atoms with Gasteiger partial charge in [0.15, 0.2) is 0 Å². The molecule has 0 unspecified atom stereocenters. The molecule has 0 aliphatic heterocycles. The molecule has 2 rings (SSSR count). The Morgan fingerprint density at radius 2 is 1.80 bits per heavy atom. The number of rotatable bonds is 3. The van der Waals surface area contributed by atoms with Gasteiger partial charge in [0.25, 0.3) is 5.24 Å². The van der Waals surface area contributed by atoms with Gasteiger partial charge >= 0.3 is 6.36 Å². The van der Waals surface area contributed by atoms with Gasteiger partial charge in [0.1, 0.15) is 11.4 Å². The molecule has 0 amide bonds. The predicted molar refractivity (Wildman–Crippen MR) is 64.3 cm³/mol. The van der Waals surface area contributed by atoms with E-state index in [0.717, 1.165) is 12.1 Å². The zero-order chi connectivity index (χ0) is 14.8. The summed E-state index contributed by atoms with van der Waals surface area (Å²) >= 11 is 5.27. The summed E-state index contributed by atoms with van der Waals surface area (Å²) < 4.78 is 39.8. The normalized spacial score (nSPS) is 11.2. The van der Waals surface area contributed by atoms with E-state index in [2.05, 4.69) is 14.7 Å². The van der Waals surface area contributed by atoms with Crippen molar-refractivity contribution in [2.75, 3.05) is 0 Å². The first kappa shape index (κ1) is 14.3. The lowest BCUT2D eigenvalue weighted by Gasteiger charge is -2.09. The van der Waals surface area contributed by atoms with Crippen molar-refractivity contribution < 1.29 is 22.7 Å². The standard InChI is InChI=1S/C12H6ClF3N2O2/c13-11(19)10-6-17-5-9(18-10)7-1-3-8(4-2-7)20-12(14,15)16/h1-6H. The van der Waals surface area contributed by atoms with Crippen molar-refractivity contribution in [1.29, 1.82) is 0 Å². The van der Waals surface area contributed by atoms with Crippen LogP contribution in [-0.4, -0.2) is 21.6 Å². The molecule has 1 aromatic carbocycles. The summed E-state index contributed by atoms with van der Waals surface area (Å²) in [6, 6.07) is 5.01. The zero-order valence-corrected chi connectivity index (χ0v) is 10.4. The van der Waals surface area contributed by atoms with Crippen molar-refractivity contribution in [2.24, 2.45) is 0 Å². The van der Waals surface area contributed by atoms with Crippen LogP contribution in [0.2, 0.25) is 0 Å². The quantitative estimate of drug-likeness (QED) is 0.815. The van der Waals surface area contributed by atoms with Gasteiger partial charge in [0, 0.05) is 5.56 Å². The number of aromatic nitrogens is 2. The second-order valence-corrected chi connectivity index (χ2v) is 3.98. The number of nitrogens with zero attached hydrogens (tertiary/aromatic N) is 2. The number of alkyl halides is 3. The maximum atomic E-state index is 12.0. The maximum absolute atomic E-state index is 12.0. The highest BCUT2D eigenvalue weighted by Gasteiger charge is 2.30. The molecule has 0 saturated carbocycles. The van der Waals surface area contributed by atoms with E-state index in [1.807, 2.05) is 0 Å². The number of hydrogen-bond acceptors (Lipinski definition) is 4. The number of halogens is 4. The van der Waals surface area contributed by atoms with Gasteiger partial charge < -0.3 is 4.74 Å². The molecule has 104 valence electrons. The largest absolute Gasteiger partial charge is 0.573 e. The van der Waals surface area contributed by atoms with Gasteiger partial charge in [0.05, 0.1) is 18.1 Å². The van der Waals surface area contributed by atoms with E-state index in [9.17, 15) is 18.0 Å². The highest BCUT2D eigenvalue weighted by molar-refractivity contribution is 6.67. The third-order valence-electron chi connectivity index (χ3n) is 2.22. The van der Waals surface area contributed by atoms with E-state index < -0.39 is 11.6 Å². The summed E-state index contributed by atoms with van der Waals surface area (Å²) in [5, 5.41) is -0.767. The van der Waals surface area contributed by atoms with Crippen molar-refractivity contribution in [2.45, 2.75) is 6.36 Å². The minimum absolute atomic E-state index is 0.0419. The average Bonchev–Trinajstić information content (AvgIpc) is 2.38. The molecule has 0 aliphatic rings. The van der Waals surface area contributed by atoms with Gasteiger partial charge in [-0.2, -0.15) is 0 Å². The molecule has 4 nitrogen and oxygen atoms in total. The van der Waals surface area contributed by atoms with Crippen LogP contribution in [0.3, 0.4) is 0 Å². The van der Waals surface area contributed by atoms with Crippen LogP contribution >= 0.6 is 11.6 Å². The monoisotopic (exact) mass is 302 g/mol. The third kappa shape index (κ3) is 3.67. The Hall–Kier alpha value is -2.15. The van der Waals surface area contributed by atoms with Gasteiger partial charge in [-0.25, -0.2) is 4.98 Å². The zero-order valence-electron chi connectivity index (χ0n) is 9.69. The van der Waals surface area contributed by atoms with Crippen LogP contribution in [0.15, 0.2) is 36.7 Å². The fraction of sp³-hybridized carbons (Fsp3) is 0.0833. The van der Waals surface area contributed by atoms with Crippen LogP contribution in [0.1, 0.15) is 10.5 Å². The Labute approximate surface area is 116 Å². The first-order valence-corrected chi connectivity index (χ1v) is 5.61. The lowest BCUT2D eigenvalue weighted by molar-refractivity contribution is -0.274. The minimum Gasteiger partial charge on any atom is -0.406 e. The van der Waals surface area contributed by atoms with E-state index in [1.165, 1.54) is 24.5 Å². The number of hydrogen-bond donors (Lipinski definition) is 0. The minimum atomic E-state index is -4.74. The molecule has 0 spiro atoms. The lowest BCUT2D eigenvalue weighted by Crippen LogP contribution is -2.16. The molecule has 0 N–H and O–H groups in total. The molecule has 20 heavy (non-hydrogen) atoms. The smallest absolute Gasteiger partial charge is 0.406 e. The lowest BCUT2D eigenvalue weighted by atomic mass is 10.1. The second kappa shape index (κ2) is 5.46. The highest BCUT2D eigenvalue weighted by Crippen LogP contribution is 2.25. The Morgan fingerprint density at radius 3 is 2.35 bits per heavy atom. The fourth-order valence-electron chi connectivity index (χ4n) is 1.43. The molecule has 0 bridgehead atoms. The first-order chi connectivity index (χ1) is 9.35. The van der Waals surface area contributed by atoms with Crippen LogP contribution in [-0.2, 0) is 0 Å². The van der Waals surface area contributed by atoms with Crippen LogP contribution in [0.4, 0.5) is 13.2 Å². The van der Waals surface area contributed by atoms with Crippen LogP contribution in [0.5, 0.6) is 5.75 Å². The van der Waals surface area contributed by atoms with Crippen molar-refractivity contribution in [1.82, 2.24) is 9.97 Å². The molecule has 8 heteroatoms. The SMILES string of the molecule is O=C(Cl)c1cncc(-c2ccc(OC(F)(F)F)cc2)n1. The van der Waals surface area contributed by atoms with E-state index in [0.29, 0.717) is 11.3 Å². The van der Waals surface area contributed by atoms with Crippen LogP contribution in [0.25, 0.3) is 11.3 Å². The first-order valence-electron chi connectivity index (χ1n) is 5.23. The number of carbonyl (C=O) groups excluding carboxylic acids is 1. The van der Waals surface area contributed by atoms with Crippen molar-refractivity contribution in [3.63, 3.8) is 0 Å². The van der Waals surface area contributed by atoms with Crippen LogP contribution < -0.4 is 4.74 Å². The summed E-state index contributed by atoms with van der Waals surface area (Å²) in [7, 11) is 0.